The lowest BCUT2D eigenvalue weighted by molar-refractivity contribution is -0.687. The Morgan fingerprint density at radius 2 is 2.14 bits per heavy atom. The lowest BCUT2D eigenvalue weighted by Crippen LogP contribution is -2.94. The Labute approximate surface area is 133 Å². The summed E-state index contributed by atoms with van der Waals surface area (Å²) in [6, 6.07) is 5.69. The maximum absolute atomic E-state index is 11.9. The zero-order valence-electron chi connectivity index (χ0n) is 12.1. The number of nitrogens with one attached hydrogen (secondary N) is 1. The fraction of sp³-hybridized carbons (Fsp3) is 0.467. The molecule has 1 aliphatic rings. The highest BCUT2D eigenvalue weighted by Crippen LogP contribution is 2.13. The van der Waals surface area contributed by atoms with Crippen molar-refractivity contribution >= 4 is 29.2 Å². The van der Waals surface area contributed by atoms with Gasteiger partial charge in [0.2, 0.25) is 5.91 Å². The van der Waals surface area contributed by atoms with Crippen LogP contribution < -0.4 is 15.7 Å². The van der Waals surface area contributed by atoms with E-state index < -0.39 is 12.0 Å². The summed E-state index contributed by atoms with van der Waals surface area (Å²) in [6.07, 6.45) is 1.82. The summed E-state index contributed by atoms with van der Waals surface area (Å²) >= 11 is 5.76. The van der Waals surface area contributed by atoms with Crippen LogP contribution in [0.15, 0.2) is 24.3 Å². The molecule has 7 heteroatoms. The lowest BCUT2D eigenvalue weighted by Gasteiger charge is -2.18. The second-order valence-electron chi connectivity index (χ2n) is 5.29. The number of carbonyl (C=O) groups is 2. The maximum Gasteiger partial charge on any atom is 0.230 e. The first-order valence-corrected chi connectivity index (χ1v) is 7.63. The molecule has 1 saturated heterocycles. The minimum Gasteiger partial charge on any atom is -0.544 e. The highest BCUT2D eigenvalue weighted by atomic mass is 35.5. The number of aliphatic carboxylic acids is 1. The van der Waals surface area contributed by atoms with Crippen molar-refractivity contribution in [3.05, 3.63) is 29.3 Å². The fourth-order valence-corrected chi connectivity index (χ4v) is 2.48. The molecule has 1 aromatic rings. The Kier molecular flexibility index (Phi) is 6.18. The summed E-state index contributed by atoms with van der Waals surface area (Å²) in [5.74, 6) is -1.62. The average Bonchev–Trinajstić information content (AvgIpc) is 2.99. The highest BCUT2D eigenvalue weighted by Gasteiger charge is 2.23. The molecule has 22 heavy (non-hydrogen) atoms. The van der Waals surface area contributed by atoms with Crippen LogP contribution in [0.5, 0.6) is 0 Å². The molecule has 0 aliphatic carbocycles. The van der Waals surface area contributed by atoms with Crippen LogP contribution in [-0.2, 0) is 14.3 Å². The number of anilines is 1. The molecule has 3 N–H and O–H groups in total. The normalized spacial score (nSPS) is 18.9. The van der Waals surface area contributed by atoms with Gasteiger partial charge in [0.15, 0.2) is 0 Å². The average molecular weight is 327 g/mol. The number of ether oxygens (including phenoxy) is 1. The number of carboxylic acids is 1. The first kappa shape index (κ1) is 16.7. The predicted molar refractivity (Wildman–Crippen MR) is 79.3 cm³/mol. The van der Waals surface area contributed by atoms with Gasteiger partial charge in [0, 0.05) is 17.3 Å². The van der Waals surface area contributed by atoms with Crippen molar-refractivity contribution in [3.63, 3.8) is 0 Å². The van der Waals surface area contributed by atoms with Crippen molar-refractivity contribution in [1.82, 2.24) is 0 Å². The summed E-state index contributed by atoms with van der Waals surface area (Å²) in [5, 5.41) is 16.0. The lowest BCUT2D eigenvalue weighted by atomic mass is 10.1. The molecule has 0 bridgehead atoms. The quantitative estimate of drug-likeness (QED) is 0.708. The molecule has 1 aliphatic heterocycles. The Balaban J connectivity index is 1.82. The van der Waals surface area contributed by atoms with Gasteiger partial charge in [-0.1, -0.05) is 11.6 Å². The van der Waals surface area contributed by atoms with E-state index in [2.05, 4.69) is 5.32 Å². The number of amides is 1. The number of quaternary nitrogens is 1. The molecular formula is C15H19ClN2O4. The van der Waals surface area contributed by atoms with Gasteiger partial charge < -0.3 is 25.3 Å². The molecule has 0 saturated carbocycles. The molecule has 1 amide bonds. The van der Waals surface area contributed by atoms with Gasteiger partial charge in [0.25, 0.3) is 0 Å². The van der Waals surface area contributed by atoms with E-state index >= 15 is 0 Å². The largest absolute Gasteiger partial charge is 0.544 e. The number of rotatable bonds is 7. The van der Waals surface area contributed by atoms with E-state index in [0.29, 0.717) is 23.9 Å². The van der Waals surface area contributed by atoms with Gasteiger partial charge in [0.05, 0.1) is 12.4 Å². The smallest absolute Gasteiger partial charge is 0.230 e. The second kappa shape index (κ2) is 8.12. The number of halogens is 1. The maximum atomic E-state index is 11.9. The van der Waals surface area contributed by atoms with Gasteiger partial charge in [-0.3, -0.25) is 4.79 Å². The Morgan fingerprint density at radius 3 is 2.73 bits per heavy atom. The molecule has 0 unspecified atom stereocenters. The summed E-state index contributed by atoms with van der Waals surface area (Å²) in [4.78, 5) is 23.1. The minimum atomic E-state index is -1.25. The molecule has 6 nitrogen and oxygen atoms in total. The van der Waals surface area contributed by atoms with Crippen molar-refractivity contribution in [2.75, 3.05) is 18.5 Å². The molecule has 1 fully saturated rings. The van der Waals surface area contributed by atoms with E-state index in [1.807, 2.05) is 0 Å². The van der Waals surface area contributed by atoms with Crippen LogP contribution in [0.4, 0.5) is 5.69 Å². The zero-order chi connectivity index (χ0) is 15.9. The van der Waals surface area contributed by atoms with E-state index in [1.54, 1.807) is 29.6 Å². The molecule has 2 rings (SSSR count). The number of hydrogen-bond acceptors (Lipinski definition) is 4. The zero-order valence-corrected chi connectivity index (χ0v) is 12.8. The molecular weight excluding hydrogens is 308 g/mol. The molecule has 1 aromatic carbocycles. The van der Waals surface area contributed by atoms with Crippen LogP contribution in [0.1, 0.15) is 19.3 Å². The SMILES string of the molecule is O=C(C[C@@H]([NH2+]C[C@@H]1CCCO1)C(=O)[O-])Nc1ccc(Cl)cc1. The van der Waals surface area contributed by atoms with E-state index in [1.165, 1.54) is 0 Å². The van der Waals surface area contributed by atoms with Gasteiger partial charge in [0.1, 0.15) is 18.7 Å². The minimum absolute atomic E-state index is 0.0566. The molecule has 0 spiro atoms. The van der Waals surface area contributed by atoms with Gasteiger partial charge in [-0.2, -0.15) is 0 Å². The van der Waals surface area contributed by atoms with Gasteiger partial charge in [-0.25, -0.2) is 0 Å². The van der Waals surface area contributed by atoms with Crippen LogP contribution in [0.3, 0.4) is 0 Å². The number of carboxylic acid groups (broad SMARTS) is 1. The molecule has 0 radical (unpaired) electrons. The van der Waals surface area contributed by atoms with Gasteiger partial charge in [-0.05, 0) is 37.1 Å². The van der Waals surface area contributed by atoms with E-state index in [-0.39, 0.29) is 18.4 Å². The summed E-state index contributed by atoms with van der Waals surface area (Å²) < 4.78 is 5.44. The van der Waals surface area contributed by atoms with Crippen molar-refractivity contribution < 1.29 is 24.7 Å². The number of carbonyl (C=O) groups excluding carboxylic acids is 2. The molecule has 2 atom stereocenters. The highest BCUT2D eigenvalue weighted by molar-refractivity contribution is 6.30. The fourth-order valence-electron chi connectivity index (χ4n) is 2.35. The van der Waals surface area contributed by atoms with Gasteiger partial charge in [-0.15, -0.1) is 0 Å². The summed E-state index contributed by atoms with van der Waals surface area (Å²) in [7, 11) is 0. The topological polar surface area (TPSA) is 95.1 Å². The summed E-state index contributed by atoms with van der Waals surface area (Å²) in [6.45, 7) is 1.23. The third-order valence-electron chi connectivity index (χ3n) is 3.54. The van der Waals surface area contributed by atoms with Crippen LogP contribution in [-0.4, -0.2) is 37.2 Å². The van der Waals surface area contributed by atoms with Crippen molar-refractivity contribution in [2.24, 2.45) is 0 Å². The first-order valence-electron chi connectivity index (χ1n) is 7.26. The summed E-state index contributed by atoms with van der Waals surface area (Å²) in [5.41, 5.74) is 0.575. The number of benzene rings is 1. The van der Waals surface area contributed by atoms with E-state index in [4.69, 9.17) is 16.3 Å². The van der Waals surface area contributed by atoms with Crippen LogP contribution in [0.2, 0.25) is 5.02 Å². The van der Waals surface area contributed by atoms with Crippen molar-refractivity contribution in [2.45, 2.75) is 31.4 Å². The van der Waals surface area contributed by atoms with Gasteiger partial charge >= 0.3 is 0 Å². The third-order valence-corrected chi connectivity index (χ3v) is 3.80. The Bertz CT molecular complexity index is 515. The molecule has 120 valence electrons. The van der Waals surface area contributed by atoms with Crippen LogP contribution in [0.25, 0.3) is 0 Å². The predicted octanol–water partition coefficient (Wildman–Crippen LogP) is -0.470. The van der Waals surface area contributed by atoms with E-state index in [9.17, 15) is 14.7 Å². The number of nitrogens with two attached hydrogens (primary N) is 1. The van der Waals surface area contributed by atoms with Crippen molar-refractivity contribution in [1.29, 1.82) is 0 Å². The van der Waals surface area contributed by atoms with Crippen molar-refractivity contribution in [3.8, 4) is 0 Å². The van der Waals surface area contributed by atoms with Crippen LogP contribution in [0, 0.1) is 0 Å². The monoisotopic (exact) mass is 326 g/mol. The second-order valence-corrected chi connectivity index (χ2v) is 5.73. The molecule has 0 aromatic heterocycles. The third kappa shape index (κ3) is 5.29. The number of hydrogen-bond donors (Lipinski definition) is 2. The molecule has 1 heterocycles. The Morgan fingerprint density at radius 1 is 1.41 bits per heavy atom. The first-order chi connectivity index (χ1) is 10.5. The van der Waals surface area contributed by atoms with Crippen LogP contribution >= 0.6 is 11.6 Å². The standard InChI is InChI=1S/C15H19ClN2O4/c16-10-3-5-11(6-4-10)18-14(19)8-13(15(20)21)17-9-12-2-1-7-22-12/h3-6,12-13,17H,1-2,7-9H2,(H,18,19)(H,20,21)/t12-,13+/m0/s1. The van der Waals surface area contributed by atoms with E-state index in [0.717, 1.165) is 12.8 Å². The Hall–Kier alpha value is -1.63.